The molecule has 178 valence electrons. The van der Waals surface area contributed by atoms with Gasteiger partial charge in [-0.2, -0.15) is 9.97 Å². The van der Waals surface area contributed by atoms with Crippen LogP contribution in [0.3, 0.4) is 0 Å². The van der Waals surface area contributed by atoms with Gasteiger partial charge in [-0.15, -0.1) is 0 Å². The van der Waals surface area contributed by atoms with Crippen molar-refractivity contribution in [3.05, 3.63) is 49.2 Å². The fourth-order valence-corrected chi connectivity index (χ4v) is 4.67. The van der Waals surface area contributed by atoms with Crippen LogP contribution >= 0.6 is 0 Å². The van der Waals surface area contributed by atoms with Gasteiger partial charge in [0.1, 0.15) is 11.5 Å². The number of likely N-dealkylation sites (tertiary alicyclic amines) is 1. The number of fused-ring (bicyclic) bond motifs is 1. The monoisotopic (exact) mass is 460 g/mol. The van der Waals surface area contributed by atoms with Crippen LogP contribution in [0.5, 0.6) is 0 Å². The normalized spacial score (nSPS) is 19.3. The van der Waals surface area contributed by atoms with Crippen LogP contribution in [0.4, 0.5) is 23.1 Å². The number of amides is 1. The molecule has 9 heteroatoms. The maximum atomic E-state index is 12.1. The molecule has 0 aliphatic carbocycles. The Labute approximate surface area is 199 Å². The van der Waals surface area contributed by atoms with Crippen LogP contribution in [0.15, 0.2) is 49.2 Å². The van der Waals surface area contributed by atoms with E-state index in [0.717, 1.165) is 68.1 Å². The average molecular weight is 461 g/mol. The van der Waals surface area contributed by atoms with E-state index >= 15 is 0 Å². The van der Waals surface area contributed by atoms with Crippen molar-refractivity contribution in [3.63, 3.8) is 0 Å². The Morgan fingerprint density at radius 1 is 1.12 bits per heavy atom. The van der Waals surface area contributed by atoms with E-state index < -0.39 is 0 Å². The highest BCUT2D eigenvalue weighted by Crippen LogP contribution is 2.26. The second-order valence-electron chi connectivity index (χ2n) is 9.07. The van der Waals surface area contributed by atoms with Crippen molar-refractivity contribution in [2.24, 2.45) is 0 Å². The van der Waals surface area contributed by atoms with E-state index in [1.807, 2.05) is 17.2 Å². The van der Waals surface area contributed by atoms with E-state index in [-0.39, 0.29) is 11.9 Å². The summed E-state index contributed by atoms with van der Waals surface area (Å²) in [5.41, 5.74) is 2.94. The van der Waals surface area contributed by atoms with Gasteiger partial charge in [-0.1, -0.05) is 6.58 Å². The van der Waals surface area contributed by atoms with Crippen LogP contribution < -0.4 is 15.5 Å². The lowest BCUT2D eigenvalue weighted by Gasteiger charge is -2.34. The number of hydrogen-bond donors (Lipinski definition) is 3. The van der Waals surface area contributed by atoms with Crippen molar-refractivity contribution >= 4 is 40.1 Å². The molecule has 9 nitrogen and oxygen atoms in total. The summed E-state index contributed by atoms with van der Waals surface area (Å²) in [6.07, 6.45) is 5.18. The van der Waals surface area contributed by atoms with Gasteiger partial charge in [-0.25, -0.2) is 0 Å². The highest BCUT2D eigenvalue weighted by atomic mass is 16.2. The molecule has 5 rings (SSSR count). The number of carbonyl (C=O) groups is 1. The predicted octanol–water partition coefficient (Wildman–Crippen LogP) is 3.04. The van der Waals surface area contributed by atoms with Crippen molar-refractivity contribution in [2.45, 2.75) is 18.9 Å². The summed E-state index contributed by atoms with van der Waals surface area (Å²) in [4.78, 5) is 31.3. The van der Waals surface area contributed by atoms with Crippen LogP contribution in [0, 0.1) is 0 Å². The summed E-state index contributed by atoms with van der Waals surface area (Å²) in [6.45, 7) is 9.27. The third-order valence-corrected chi connectivity index (χ3v) is 6.66. The first-order chi connectivity index (χ1) is 16.6. The van der Waals surface area contributed by atoms with Crippen molar-refractivity contribution in [1.29, 1.82) is 0 Å². The molecule has 1 aromatic carbocycles. The maximum Gasteiger partial charge on any atom is 0.246 e. The molecule has 2 fully saturated rings. The van der Waals surface area contributed by atoms with Gasteiger partial charge in [0.25, 0.3) is 0 Å². The minimum Gasteiger partial charge on any atom is -0.369 e. The van der Waals surface area contributed by atoms with Gasteiger partial charge in [-0.05, 0) is 56.3 Å². The lowest BCUT2D eigenvalue weighted by molar-refractivity contribution is -0.127. The van der Waals surface area contributed by atoms with Crippen LogP contribution in [-0.2, 0) is 4.79 Å². The number of rotatable bonds is 6. The number of H-pyrrole nitrogens is 1. The first-order valence-electron chi connectivity index (χ1n) is 11.9. The van der Waals surface area contributed by atoms with Crippen molar-refractivity contribution in [1.82, 2.24) is 24.8 Å². The first-order valence-corrected chi connectivity index (χ1v) is 11.9. The number of piperidine rings is 1. The topological polar surface area (TPSA) is 92.4 Å². The summed E-state index contributed by atoms with van der Waals surface area (Å²) < 4.78 is 0. The molecule has 3 aromatic rings. The van der Waals surface area contributed by atoms with Crippen molar-refractivity contribution in [2.75, 3.05) is 61.8 Å². The minimum absolute atomic E-state index is 0.0247. The number of nitrogens with one attached hydrogen (secondary N) is 3. The molecular weight excluding hydrogens is 428 g/mol. The second-order valence-corrected chi connectivity index (χ2v) is 9.07. The summed E-state index contributed by atoms with van der Waals surface area (Å²) >= 11 is 0. The Hall–Kier alpha value is -3.59. The molecule has 0 saturated carbocycles. The third-order valence-electron chi connectivity index (χ3n) is 6.66. The number of benzene rings is 1. The lowest BCUT2D eigenvalue weighted by Crippen LogP contribution is -2.44. The molecule has 1 atom stereocenters. The van der Waals surface area contributed by atoms with Crippen LogP contribution in [-0.4, -0.2) is 83.0 Å². The summed E-state index contributed by atoms with van der Waals surface area (Å²) in [6, 6.07) is 10.5. The van der Waals surface area contributed by atoms with E-state index in [4.69, 9.17) is 4.98 Å². The van der Waals surface area contributed by atoms with E-state index in [9.17, 15) is 4.79 Å². The van der Waals surface area contributed by atoms with E-state index in [1.165, 1.54) is 11.8 Å². The number of carbonyl (C=O) groups excluding carboxylic acids is 1. The van der Waals surface area contributed by atoms with Crippen LogP contribution in [0.2, 0.25) is 0 Å². The van der Waals surface area contributed by atoms with Gasteiger partial charge in [0.15, 0.2) is 0 Å². The van der Waals surface area contributed by atoms with Crippen molar-refractivity contribution < 1.29 is 4.79 Å². The molecular formula is C25H32N8O. The molecule has 0 spiro atoms. The molecule has 34 heavy (non-hydrogen) atoms. The Morgan fingerprint density at radius 2 is 1.91 bits per heavy atom. The molecule has 4 heterocycles. The second kappa shape index (κ2) is 9.72. The number of likely N-dealkylation sites (N-methyl/N-ethyl adjacent to an activating group) is 1. The van der Waals surface area contributed by atoms with Crippen LogP contribution in [0.1, 0.15) is 12.8 Å². The van der Waals surface area contributed by atoms with Gasteiger partial charge in [0, 0.05) is 62.9 Å². The zero-order chi connectivity index (χ0) is 23.5. The highest BCUT2D eigenvalue weighted by molar-refractivity contribution is 5.89. The zero-order valence-corrected chi connectivity index (χ0v) is 19.6. The van der Waals surface area contributed by atoms with Gasteiger partial charge in [0.2, 0.25) is 11.9 Å². The number of nitrogens with zero attached hydrogens (tertiary/aromatic N) is 5. The number of anilines is 4. The maximum absolute atomic E-state index is 12.1. The highest BCUT2D eigenvalue weighted by Gasteiger charge is 2.23. The SMILES string of the molecule is C=CC(=O)N1CCCC(Nc2nc(Nc3ccc(N4CCN(C)CC4)cc3)nc3[nH]ccc23)C1. The van der Waals surface area contributed by atoms with Crippen molar-refractivity contribution in [3.8, 4) is 0 Å². The quantitative estimate of drug-likeness (QED) is 0.487. The van der Waals surface area contributed by atoms with Crippen LogP contribution in [0.25, 0.3) is 11.0 Å². The number of aromatic amines is 1. The van der Waals surface area contributed by atoms with Gasteiger partial charge >= 0.3 is 0 Å². The summed E-state index contributed by atoms with van der Waals surface area (Å²) in [5, 5.41) is 7.83. The molecule has 2 aliphatic heterocycles. The zero-order valence-electron chi connectivity index (χ0n) is 19.6. The molecule has 2 aromatic heterocycles. The Balaban J connectivity index is 1.31. The van der Waals surface area contributed by atoms with Gasteiger partial charge < -0.3 is 30.3 Å². The molecule has 0 bridgehead atoms. The molecule has 0 radical (unpaired) electrons. The smallest absolute Gasteiger partial charge is 0.246 e. The summed E-state index contributed by atoms with van der Waals surface area (Å²) in [5.74, 6) is 1.27. The predicted molar refractivity (Wildman–Crippen MR) is 137 cm³/mol. The number of aromatic nitrogens is 3. The number of hydrogen-bond acceptors (Lipinski definition) is 7. The van der Waals surface area contributed by atoms with E-state index in [0.29, 0.717) is 12.5 Å². The van der Waals surface area contributed by atoms with Gasteiger partial charge in [-0.3, -0.25) is 4.79 Å². The minimum atomic E-state index is -0.0247. The lowest BCUT2D eigenvalue weighted by atomic mass is 10.1. The standard InChI is InChI=1S/C25H32N8O/c1-3-22(34)33-12-4-5-19(17-33)27-24-21-10-11-26-23(21)29-25(30-24)28-18-6-8-20(9-7-18)32-15-13-31(2)14-16-32/h3,6-11,19H,1,4-5,12-17H2,2H3,(H3,26,27,28,29,30). The first kappa shape index (κ1) is 22.2. The Kier molecular flexibility index (Phi) is 6.35. The molecule has 3 N–H and O–H groups in total. The Morgan fingerprint density at radius 3 is 2.68 bits per heavy atom. The van der Waals surface area contributed by atoms with E-state index in [2.05, 4.69) is 68.3 Å². The van der Waals surface area contributed by atoms with Gasteiger partial charge in [0.05, 0.1) is 5.39 Å². The molecule has 2 saturated heterocycles. The average Bonchev–Trinajstić information content (AvgIpc) is 3.34. The fourth-order valence-electron chi connectivity index (χ4n) is 4.67. The largest absolute Gasteiger partial charge is 0.369 e. The Bertz CT molecular complexity index is 1150. The fraction of sp³-hybridized carbons (Fsp3) is 0.400. The third kappa shape index (κ3) is 4.84. The summed E-state index contributed by atoms with van der Waals surface area (Å²) in [7, 11) is 2.17. The molecule has 1 unspecified atom stereocenters. The molecule has 2 aliphatic rings. The number of piperazine rings is 1. The van der Waals surface area contributed by atoms with E-state index in [1.54, 1.807) is 0 Å². The molecule has 1 amide bonds.